The number of amides is 1. The van der Waals surface area contributed by atoms with Crippen molar-refractivity contribution >= 4 is 17.5 Å². The normalized spacial score (nSPS) is 13.7. The first-order valence-corrected chi connectivity index (χ1v) is 11.4. The number of hydrogen-bond donors (Lipinski definition) is 1. The Balaban J connectivity index is 1.76. The molecule has 186 valence electrons. The van der Waals surface area contributed by atoms with Crippen LogP contribution in [0.5, 0.6) is 5.88 Å². The Kier molecular flexibility index (Phi) is 8.05. The molecule has 0 aliphatic rings. The minimum atomic E-state index is -4.50. The first-order chi connectivity index (χ1) is 16.3. The third-order valence-electron chi connectivity index (χ3n) is 5.62. The number of rotatable bonds is 8. The number of aromatic nitrogens is 2. The molecule has 9 heteroatoms. The Bertz CT molecular complexity index is 1150. The number of benzene rings is 1. The van der Waals surface area contributed by atoms with Crippen molar-refractivity contribution in [1.82, 2.24) is 15.3 Å². The fourth-order valence-electron chi connectivity index (χ4n) is 3.63. The van der Waals surface area contributed by atoms with Crippen LogP contribution < -0.4 is 10.1 Å². The third-order valence-corrected chi connectivity index (χ3v) is 5.84. The van der Waals surface area contributed by atoms with E-state index in [1.54, 1.807) is 12.3 Å². The molecule has 0 aliphatic heterocycles. The summed E-state index contributed by atoms with van der Waals surface area (Å²) in [6.07, 6.45) is -1.68. The van der Waals surface area contributed by atoms with E-state index in [9.17, 15) is 18.0 Å². The van der Waals surface area contributed by atoms with Crippen LogP contribution in [0.4, 0.5) is 13.2 Å². The summed E-state index contributed by atoms with van der Waals surface area (Å²) >= 11 is 5.97. The van der Waals surface area contributed by atoms with E-state index in [0.717, 1.165) is 29.0 Å². The summed E-state index contributed by atoms with van der Waals surface area (Å²) in [4.78, 5) is 21.2. The fraction of sp³-hybridized carbons (Fsp3) is 0.346. The fourth-order valence-corrected chi connectivity index (χ4v) is 3.75. The standard InChI is InChI=1S/C26H27ClF3N3O2/c1-16-6-5-7-18(12-16)22(13-21-10-9-20(27)15-31-21)17(2)33-24(34)25(3,4)35-23-11-8-19(14-32-23)26(28,29)30/h5-12,14-15,17,22H,13H2,1-4H3,(H,33,34). The number of nitrogens with zero attached hydrogens (tertiary/aromatic N) is 2. The van der Waals surface area contributed by atoms with Crippen LogP contribution in [-0.2, 0) is 17.4 Å². The van der Waals surface area contributed by atoms with E-state index in [4.69, 9.17) is 16.3 Å². The zero-order valence-electron chi connectivity index (χ0n) is 19.9. The predicted octanol–water partition coefficient (Wildman–Crippen LogP) is 6.15. The van der Waals surface area contributed by atoms with Gasteiger partial charge < -0.3 is 10.1 Å². The van der Waals surface area contributed by atoms with Crippen molar-refractivity contribution < 1.29 is 22.7 Å². The molecule has 1 aromatic carbocycles. The van der Waals surface area contributed by atoms with E-state index in [1.165, 1.54) is 13.8 Å². The molecule has 0 radical (unpaired) electrons. The predicted molar refractivity (Wildman–Crippen MR) is 128 cm³/mol. The molecular weight excluding hydrogens is 479 g/mol. The first kappa shape index (κ1) is 26.5. The van der Waals surface area contributed by atoms with E-state index in [2.05, 4.69) is 21.4 Å². The lowest BCUT2D eigenvalue weighted by molar-refractivity contribution is -0.138. The van der Waals surface area contributed by atoms with Gasteiger partial charge in [0, 0.05) is 36.1 Å². The first-order valence-electron chi connectivity index (χ1n) is 11.1. The molecule has 1 amide bonds. The molecule has 3 aromatic rings. The van der Waals surface area contributed by atoms with Gasteiger partial charge in [-0.25, -0.2) is 4.98 Å². The molecule has 0 saturated carbocycles. The average Bonchev–Trinajstić information content (AvgIpc) is 2.78. The van der Waals surface area contributed by atoms with Crippen LogP contribution >= 0.6 is 11.6 Å². The Hall–Kier alpha value is -3.13. The van der Waals surface area contributed by atoms with E-state index in [-0.39, 0.29) is 17.8 Å². The molecule has 3 rings (SSSR count). The number of pyridine rings is 2. The maximum atomic E-state index is 13.1. The summed E-state index contributed by atoms with van der Waals surface area (Å²) in [5, 5.41) is 3.54. The monoisotopic (exact) mass is 505 g/mol. The SMILES string of the molecule is Cc1cccc(C(Cc2ccc(Cl)cn2)C(C)NC(=O)C(C)(C)Oc2ccc(C(F)(F)F)cn2)c1. The van der Waals surface area contributed by atoms with Gasteiger partial charge in [-0.2, -0.15) is 13.2 Å². The van der Waals surface area contributed by atoms with Gasteiger partial charge in [-0.15, -0.1) is 0 Å². The number of alkyl halides is 3. The van der Waals surface area contributed by atoms with E-state index < -0.39 is 23.2 Å². The average molecular weight is 506 g/mol. The van der Waals surface area contributed by atoms with Crippen molar-refractivity contribution in [1.29, 1.82) is 0 Å². The smallest absolute Gasteiger partial charge is 0.417 e. The summed E-state index contributed by atoms with van der Waals surface area (Å²) in [6.45, 7) is 6.97. The Morgan fingerprint density at radius 2 is 1.83 bits per heavy atom. The van der Waals surface area contributed by atoms with E-state index >= 15 is 0 Å². The molecule has 2 unspecified atom stereocenters. The maximum absolute atomic E-state index is 13.1. The van der Waals surface area contributed by atoms with Crippen molar-refractivity contribution in [3.8, 4) is 5.88 Å². The van der Waals surface area contributed by atoms with Crippen LogP contribution in [0.3, 0.4) is 0 Å². The van der Waals surface area contributed by atoms with Crippen LogP contribution in [0.1, 0.15) is 49.1 Å². The van der Waals surface area contributed by atoms with Crippen LogP contribution in [0, 0.1) is 6.92 Å². The highest BCUT2D eigenvalue weighted by atomic mass is 35.5. The van der Waals surface area contributed by atoms with Crippen LogP contribution in [0.2, 0.25) is 5.02 Å². The summed E-state index contributed by atoms with van der Waals surface area (Å²) in [6, 6.07) is 13.3. The molecule has 0 bridgehead atoms. The highest BCUT2D eigenvalue weighted by Gasteiger charge is 2.34. The zero-order valence-corrected chi connectivity index (χ0v) is 20.6. The zero-order chi connectivity index (χ0) is 25.8. The minimum Gasteiger partial charge on any atom is -0.462 e. The van der Waals surface area contributed by atoms with Gasteiger partial charge in [0.25, 0.3) is 5.91 Å². The van der Waals surface area contributed by atoms with Crippen molar-refractivity contribution in [3.63, 3.8) is 0 Å². The van der Waals surface area contributed by atoms with Gasteiger partial charge in [0.05, 0.1) is 10.6 Å². The van der Waals surface area contributed by atoms with Crippen LogP contribution in [0.25, 0.3) is 0 Å². The lowest BCUT2D eigenvalue weighted by Crippen LogP contribution is -2.51. The number of carbonyl (C=O) groups excluding carboxylic acids is 1. The molecule has 0 saturated heterocycles. The van der Waals surface area contributed by atoms with Gasteiger partial charge in [-0.1, -0.05) is 41.4 Å². The van der Waals surface area contributed by atoms with Crippen molar-refractivity contribution in [2.24, 2.45) is 0 Å². The van der Waals surface area contributed by atoms with Crippen molar-refractivity contribution in [2.75, 3.05) is 0 Å². The van der Waals surface area contributed by atoms with Gasteiger partial charge in [0.15, 0.2) is 5.60 Å². The van der Waals surface area contributed by atoms with Crippen LogP contribution in [0.15, 0.2) is 60.9 Å². The summed E-state index contributed by atoms with van der Waals surface area (Å²) in [5.41, 5.74) is 0.685. The number of halogens is 4. The second kappa shape index (κ2) is 10.6. The molecule has 2 atom stereocenters. The molecule has 2 heterocycles. The highest BCUT2D eigenvalue weighted by molar-refractivity contribution is 6.30. The number of carbonyl (C=O) groups is 1. The number of nitrogens with one attached hydrogen (secondary N) is 1. The van der Waals surface area contributed by atoms with Crippen molar-refractivity contribution in [3.05, 3.63) is 88.3 Å². The largest absolute Gasteiger partial charge is 0.462 e. The minimum absolute atomic E-state index is 0.0774. The Morgan fingerprint density at radius 3 is 2.40 bits per heavy atom. The lowest BCUT2D eigenvalue weighted by atomic mass is 9.87. The molecule has 0 aliphatic carbocycles. The number of ether oxygens (including phenoxy) is 1. The van der Waals surface area contributed by atoms with Gasteiger partial charge in [0.2, 0.25) is 5.88 Å². The van der Waals surface area contributed by atoms with Gasteiger partial charge >= 0.3 is 6.18 Å². The Morgan fingerprint density at radius 1 is 1.09 bits per heavy atom. The van der Waals surface area contributed by atoms with Gasteiger partial charge in [-0.05, 0) is 57.9 Å². The molecule has 1 N–H and O–H groups in total. The molecule has 2 aromatic heterocycles. The lowest BCUT2D eigenvalue weighted by Gasteiger charge is -2.30. The number of hydrogen-bond acceptors (Lipinski definition) is 4. The Labute approximate surface area is 207 Å². The van der Waals surface area contributed by atoms with E-state index in [0.29, 0.717) is 17.6 Å². The van der Waals surface area contributed by atoms with E-state index in [1.807, 2.05) is 38.1 Å². The molecule has 0 fully saturated rings. The third kappa shape index (κ3) is 7.18. The van der Waals surface area contributed by atoms with Crippen LogP contribution in [-0.4, -0.2) is 27.5 Å². The second-order valence-electron chi connectivity index (χ2n) is 8.95. The van der Waals surface area contributed by atoms with Gasteiger partial charge in [-0.3, -0.25) is 9.78 Å². The summed E-state index contributed by atoms with van der Waals surface area (Å²) in [7, 11) is 0. The quantitative estimate of drug-likeness (QED) is 0.399. The van der Waals surface area contributed by atoms with Crippen molar-refractivity contribution in [2.45, 2.75) is 57.9 Å². The molecule has 5 nitrogen and oxygen atoms in total. The summed E-state index contributed by atoms with van der Waals surface area (Å²) in [5.74, 6) is -0.604. The van der Waals surface area contributed by atoms with Gasteiger partial charge in [0.1, 0.15) is 0 Å². The number of aryl methyl sites for hydroxylation is 1. The molecule has 35 heavy (non-hydrogen) atoms. The highest BCUT2D eigenvalue weighted by Crippen LogP contribution is 2.30. The maximum Gasteiger partial charge on any atom is 0.417 e. The summed E-state index contributed by atoms with van der Waals surface area (Å²) < 4.78 is 44.0. The molecule has 0 spiro atoms. The topological polar surface area (TPSA) is 64.1 Å². The molecular formula is C26H27ClF3N3O2. The second-order valence-corrected chi connectivity index (χ2v) is 9.39.